The summed E-state index contributed by atoms with van der Waals surface area (Å²) in [6.07, 6.45) is 93.6. The minimum absolute atomic E-state index is 0.0866. The van der Waals surface area contributed by atoms with Gasteiger partial charge in [0.2, 0.25) is 0 Å². The number of hydrogen-bond donors (Lipinski definition) is 0. The zero-order chi connectivity index (χ0) is 57.8. The summed E-state index contributed by atoms with van der Waals surface area (Å²) in [4.78, 5) is 38.3. The lowest BCUT2D eigenvalue weighted by Gasteiger charge is -2.18. The van der Waals surface area contributed by atoms with Crippen LogP contribution in [0.15, 0.2) is 122 Å². The second-order valence-electron chi connectivity index (χ2n) is 22.0. The van der Waals surface area contributed by atoms with Crippen LogP contribution in [-0.2, 0) is 28.6 Å². The highest BCUT2D eigenvalue weighted by Crippen LogP contribution is 2.16. The van der Waals surface area contributed by atoms with Crippen LogP contribution in [0.4, 0.5) is 0 Å². The summed E-state index contributed by atoms with van der Waals surface area (Å²) in [5.41, 5.74) is 0. The lowest BCUT2D eigenvalue weighted by molar-refractivity contribution is -0.167. The van der Waals surface area contributed by atoms with E-state index in [1.165, 1.54) is 141 Å². The van der Waals surface area contributed by atoms with Crippen molar-refractivity contribution < 1.29 is 28.6 Å². The highest BCUT2D eigenvalue weighted by atomic mass is 16.6. The molecule has 0 aliphatic heterocycles. The number of allylic oxidation sites excluding steroid dienone is 20. The molecule has 80 heavy (non-hydrogen) atoms. The van der Waals surface area contributed by atoms with Crippen LogP contribution in [0.1, 0.15) is 310 Å². The van der Waals surface area contributed by atoms with Crippen LogP contribution in [0.5, 0.6) is 0 Å². The molecular weight excluding hydrogens is 985 g/mol. The maximum atomic E-state index is 12.9. The van der Waals surface area contributed by atoms with Crippen molar-refractivity contribution in [3.8, 4) is 0 Å². The first-order chi connectivity index (χ1) is 39.5. The average Bonchev–Trinajstić information content (AvgIpc) is 3.46. The van der Waals surface area contributed by atoms with Gasteiger partial charge in [-0.1, -0.05) is 296 Å². The molecule has 0 bridgehead atoms. The third-order valence-electron chi connectivity index (χ3n) is 14.2. The molecule has 0 amide bonds. The van der Waals surface area contributed by atoms with Gasteiger partial charge in [0, 0.05) is 19.3 Å². The molecule has 6 heteroatoms. The van der Waals surface area contributed by atoms with E-state index < -0.39 is 6.10 Å². The molecule has 0 spiro atoms. The van der Waals surface area contributed by atoms with Gasteiger partial charge in [0.15, 0.2) is 6.10 Å². The predicted molar refractivity (Wildman–Crippen MR) is 348 cm³/mol. The Morgan fingerprint density at radius 1 is 0.263 bits per heavy atom. The Morgan fingerprint density at radius 2 is 0.487 bits per heavy atom. The monoisotopic (exact) mass is 1110 g/mol. The molecule has 1 unspecified atom stereocenters. The summed E-state index contributed by atoms with van der Waals surface area (Å²) in [6, 6.07) is 0. The van der Waals surface area contributed by atoms with E-state index >= 15 is 0 Å². The zero-order valence-electron chi connectivity index (χ0n) is 52.3. The van der Waals surface area contributed by atoms with E-state index in [-0.39, 0.29) is 31.1 Å². The van der Waals surface area contributed by atoms with Crippen LogP contribution in [0.25, 0.3) is 0 Å². The van der Waals surface area contributed by atoms with Crippen molar-refractivity contribution in [1.29, 1.82) is 0 Å². The molecular formula is C74H124O6. The van der Waals surface area contributed by atoms with E-state index in [2.05, 4.69) is 142 Å². The standard InChI is InChI=1S/C74H124O6/c1-4-7-10-13-16-19-22-24-26-28-30-32-34-35-36-37-38-39-41-42-44-46-48-50-52-55-58-61-64-67-73(76)79-70-71(69-78-72(75)66-63-60-57-54-21-18-15-12-9-6-3)80-74(77)68-65-62-59-56-53-51-49-47-45-43-40-33-31-29-27-25-23-20-17-14-11-8-5-2/h7,10,16,19,23-26,29-32,35-36,38-39,42,44,48,50,71H,4-6,8-9,11-15,17-18,20-22,27-28,33-34,37,40-41,43,45-47,49,51-70H2,1-3H3/b10-7-,19-16-,25-23-,26-24-,31-29-,32-30-,36-35-,39-38-,44-42-,50-48-. The summed E-state index contributed by atoms with van der Waals surface area (Å²) in [6.45, 7) is 6.50. The van der Waals surface area contributed by atoms with E-state index in [9.17, 15) is 14.4 Å². The Kier molecular flexibility index (Phi) is 63.8. The van der Waals surface area contributed by atoms with Crippen LogP contribution in [-0.4, -0.2) is 37.2 Å². The van der Waals surface area contributed by atoms with Crippen molar-refractivity contribution in [2.45, 2.75) is 316 Å². The Labute approximate surface area is 494 Å². The van der Waals surface area contributed by atoms with Gasteiger partial charge in [-0.3, -0.25) is 14.4 Å². The van der Waals surface area contributed by atoms with Crippen LogP contribution in [0.3, 0.4) is 0 Å². The minimum atomic E-state index is -0.792. The second kappa shape index (κ2) is 67.3. The zero-order valence-corrected chi connectivity index (χ0v) is 52.3. The molecule has 0 saturated heterocycles. The quantitative estimate of drug-likeness (QED) is 0.0261. The van der Waals surface area contributed by atoms with Crippen LogP contribution < -0.4 is 0 Å². The van der Waals surface area contributed by atoms with Gasteiger partial charge in [0.1, 0.15) is 13.2 Å². The van der Waals surface area contributed by atoms with E-state index in [0.717, 1.165) is 128 Å². The maximum absolute atomic E-state index is 12.9. The Hall–Kier alpha value is -4.19. The first-order valence-electron chi connectivity index (χ1n) is 33.5. The second-order valence-corrected chi connectivity index (χ2v) is 22.0. The average molecular weight is 1110 g/mol. The third-order valence-corrected chi connectivity index (χ3v) is 14.2. The molecule has 0 N–H and O–H groups in total. The summed E-state index contributed by atoms with van der Waals surface area (Å²) in [5, 5.41) is 0. The molecule has 0 aromatic rings. The van der Waals surface area contributed by atoms with E-state index in [1.807, 2.05) is 0 Å². The highest BCUT2D eigenvalue weighted by Gasteiger charge is 2.19. The normalized spacial score (nSPS) is 12.9. The van der Waals surface area contributed by atoms with E-state index in [1.54, 1.807) is 0 Å². The topological polar surface area (TPSA) is 78.9 Å². The van der Waals surface area contributed by atoms with E-state index in [0.29, 0.717) is 19.3 Å². The first-order valence-corrected chi connectivity index (χ1v) is 33.5. The molecule has 0 aromatic heterocycles. The molecule has 0 aromatic carbocycles. The van der Waals surface area contributed by atoms with Gasteiger partial charge in [-0.25, -0.2) is 0 Å². The molecule has 0 aliphatic rings. The summed E-state index contributed by atoms with van der Waals surface area (Å²) in [7, 11) is 0. The van der Waals surface area contributed by atoms with Crippen molar-refractivity contribution in [2.75, 3.05) is 13.2 Å². The van der Waals surface area contributed by atoms with Crippen molar-refractivity contribution in [3.05, 3.63) is 122 Å². The summed E-state index contributed by atoms with van der Waals surface area (Å²) >= 11 is 0. The van der Waals surface area contributed by atoms with Gasteiger partial charge >= 0.3 is 17.9 Å². The molecule has 0 saturated carbocycles. The lowest BCUT2D eigenvalue weighted by atomic mass is 10.0. The van der Waals surface area contributed by atoms with Gasteiger partial charge in [-0.2, -0.15) is 0 Å². The molecule has 1 atom stereocenters. The van der Waals surface area contributed by atoms with Crippen molar-refractivity contribution in [1.82, 2.24) is 0 Å². The fraction of sp³-hybridized carbons (Fsp3) is 0.689. The number of esters is 3. The molecule has 0 radical (unpaired) electrons. The summed E-state index contributed by atoms with van der Waals surface area (Å²) in [5.74, 6) is -0.910. The van der Waals surface area contributed by atoms with Crippen molar-refractivity contribution in [2.24, 2.45) is 0 Å². The maximum Gasteiger partial charge on any atom is 0.306 e. The number of rotatable bonds is 60. The molecule has 456 valence electrons. The number of unbranched alkanes of at least 4 members (excludes halogenated alkanes) is 29. The lowest BCUT2D eigenvalue weighted by Crippen LogP contribution is -2.30. The molecule has 0 rings (SSSR count). The van der Waals surface area contributed by atoms with Crippen LogP contribution in [0.2, 0.25) is 0 Å². The number of hydrogen-bond acceptors (Lipinski definition) is 6. The Morgan fingerprint density at radius 3 is 0.762 bits per heavy atom. The largest absolute Gasteiger partial charge is 0.462 e. The molecule has 0 fully saturated rings. The smallest absolute Gasteiger partial charge is 0.306 e. The van der Waals surface area contributed by atoms with Gasteiger partial charge in [-0.15, -0.1) is 0 Å². The minimum Gasteiger partial charge on any atom is -0.462 e. The van der Waals surface area contributed by atoms with Gasteiger partial charge in [0.25, 0.3) is 0 Å². The molecule has 0 heterocycles. The van der Waals surface area contributed by atoms with E-state index in [4.69, 9.17) is 14.2 Å². The SMILES string of the molecule is CC/C=C\C/C=C\C/C=C\C/C=C\C/C=C\C/C=C\C/C=C\C/C=C\CCCCCCC(=O)OCC(COC(=O)CCCCCCCCCCCC)OC(=O)CCCCCCCCCCCCC/C=C\C/C=C\CCCCCCC. The van der Waals surface area contributed by atoms with Crippen molar-refractivity contribution in [3.63, 3.8) is 0 Å². The predicted octanol–water partition coefficient (Wildman–Crippen LogP) is 23.2. The highest BCUT2D eigenvalue weighted by molar-refractivity contribution is 5.71. The van der Waals surface area contributed by atoms with Gasteiger partial charge < -0.3 is 14.2 Å². The Bertz CT molecular complexity index is 1650. The Balaban J connectivity index is 4.31. The molecule has 0 aliphatic carbocycles. The first kappa shape index (κ1) is 75.8. The van der Waals surface area contributed by atoms with Crippen LogP contribution >= 0.6 is 0 Å². The summed E-state index contributed by atoms with van der Waals surface area (Å²) < 4.78 is 16.9. The number of carbonyl (C=O) groups excluding carboxylic acids is 3. The van der Waals surface area contributed by atoms with Crippen LogP contribution in [0, 0.1) is 0 Å². The molecule has 6 nitrogen and oxygen atoms in total. The fourth-order valence-electron chi connectivity index (χ4n) is 9.20. The van der Waals surface area contributed by atoms with Crippen molar-refractivity contribution >= 4 is 17.9 Å². The third kappa shape index (κ3) is 64.6. The fourth-order valence-corrected chi connectivity index (χ4v) is 9.20. The van der Waals surface area contributed by atoms with Gasteiger partial charge in [-0.05, 0) is 116 Å². The van der Waals surface area contributed by atoms with Gasteiger partial charge in [0.05, 0.1) is 0 Å². The number of ether oxygens (including phenoxy) is 3. The number of carbonyl (C=O) groups is 3.